The van der Waals surface area contributed by atoms with Crippen molar-refractivity contribution in [3.8, 4) is 11.1 Å². The predicted octanol–water partition coefficient (Wildman–Crippen LogP) is 4.37. The summed E-state index contributed by atoms with van der Waals surface area (Å²) in [4.78, 5) is 0. The van der Waals surface area contributed by atoms with Crippen LogP contribution in [0.4, 0.5) is 0 Å². The molecule has 0 spiro atoms. The maximum absolute atomic E-state index is 5.93. The van der Waals surface area contributed by atoms with E-state index in [-0.39, 0.29) is 24.4 Å². The maximum atomic E-state index is 5.93. The smallest absolute Gasteiger partial charge is 0.116 e. The molecule has 92 valence electrons. The highest BCUT2D eigenvalue weighted by Gasteiger charge is 2.56. The number of halogens is 1. The van der Waals surface area contributed by atoms with Crippen molar-refractivity contribution < 1.29 is 9.47 Å². The van der Waals surface area contributed by atoms with Gasteiger partial charge in [0.25, 0.3) is 0 Å². The van der Waals surface area contributed by atoms with Crippen molar-refractivity contribution in [3.63, 3.8) is 0 Å². The fraction of sp³-hybridized carbons (Fsp3) is 0.250. The normalized spacial score (nSPS) is 34.2. The lowest BCUT2D eigenvalue weighted by Gasteiger charge is -2.25. The molecule has 6 rings (SSSR count). The molecule has 2 nitrogen and oxygen atoms in total. The first-order chi connectivity index (χ1) is 9.34. The summed E-state index contributed by atoms with van der Waals surface area (Å²) in [6.45, 7) is 0. The molecule has 0 saturated carbocycles. The minimum atomic E-state index is 0.238. The molecule has 2 heterocycles. The zero-order valence-electron chi connectivity index (χ0n) is 9.89. The molecule has 2 aliphatic heterocycles. The predicted molar refractivity (Wildman–Crippen MR) is 72.7 cm³/mol. The summed E-state index contributed by atoms with van der Waals surface area (Å²) in [7, 11) is 0. The van der Waals surface area contributed by atoms with Crippen molar-refractivity contribution in [2.45, 2.75) is 24.4 Å². The second-order valence-electron chi connectivity index (χ2n) is 5.69. The molecule has 4 aliphatic rings. The van der Waals surface area contributed by atoms with Crippen LogP contribution in [-0.4, -0.2) is 0 Å². The Balaban J connectivity index is 1.86. The van der Waals surface area contributed by atoms with Crippen molar-refractivity contribution >= 4 is 15.9 Å². The molecule has 3 heteroatoms. The molecule has 0 N–H and O–H groups in total. The van der Waals surface area contributed by atoms with Gasteiger partial charge >= 0.3 is 0 Å². The van der Waals surface area contributed by atoms with Crippen molar-refractivity contribution in [3.05, 3.63) is 57.1 Å². The largest absolute Gasteiger partial charge is 0.359 e. The number of ether oxygens (including phenoxy) is 2. The van der Waals surface area contributed by atoms with E-state index in [0.717, 1.165) is 0 Å². The molecule has 2 aliphatic carbocycles. The van der Waals surface area contributed by atoms with Gasteiger partial charge in [-0.3, -0.25) is 0 Å². The number of fused-ring (bicyclic) bond motifs is 6. The lowest BCUT2D eigenvalue weighted by molar-refractivity contribution is 0.376. The van der Waals surface area contributed by atoms with Crippen LogP contribution in [0, 0.1) is 0 Å². The minimum absolute atomic E-state index is 0.238. The van der Waals surface area contributed by atoms with Gasteiger partial charge in [0.05, 0.1) is 0 Å². The van der Waals surface area contributed by atoms with Crippen LogP contribution < -0.4 is 0 Å². The van der Waals surface area contributed by atoms with E-state index in [9.17, 15) is 0 Å². The Kier molecular flexibility index (Phi) is 1.43. The lowest BCUT2D eigenvalue weighted by atomic mass is 9.76. The topological polar surface area (TPSA) is 25.1 Å². The minimum Gasteiger partial charge on any atom is -0.359 e. The highest BCUT2D eigenvalue weighted by Crippen LogP contribution is 2.69. The fourth-order valence-electron chi connectivity index (χ4n) is 3.91. The Labute approximate surface area is 118 Å². The Morgan fingerprint density at radius 1 is 0.737 bits per heavy atom. The summed E-state index contributed by atoms with van der Waals surface area (Å²) >= 11 is 3.70. The van der Waals surface area contributed by atoms with E-state index in [1.54, 1.807) is 0 Å². The zero-order chi connectivity index (χ0) is 12.3. The number of benzene rings is 2. The Bertz CT molecular complexity index is 768. The molecule has 0 radical (unpaired) electrons. The Morgan fingerprint density at radius 2 is 1.37 bits per heavy atom. The molecular weight excluding hydrogens is 304 g/mol. The van der Waals surface area contributed by atoms with Gasteiger partial charge in [-0.2, -0.15) is 0 Å². The van der Waals surface area contributed by atoms with Gasteiger partial charge in [0, 0.05) is 10.0 Å². The van der Waals surface area contributed by atoms with E-state index in [4.69, 9.17) is 9.47 Å². The summed E-state index contributed by atoms with van der Waals surface area (Å²) in [5.41, 5.74) is 8.13. The summed E-state index contributed by atoms with van der Waals surface area (Å²) < 4.78 is 13.0. The van der Waals surface area contributed by atoms with Crippen molar-refractivity contribution in [1.82, 2.24) is 0 Å². The van der Waals surface area contributed by atoms with Gasteiger partial charge in [-0.05, 0) is 33.9 Å². The van der Waals surface area contributed by atoms with Gasteiger partial charge in [-0.15, -0.1) is 0 Å². The van der Waals surface area contributed by atoms with Gasteiger partial charge in [0.2, 0.25) is 0 Å². The van der Waals surface area contributed by atoms with E-state index >= 15 is 0 Å². The third-order valence-corrected chi connectivity index (χ3v) is 5.48. The van der Waals surface area contributed by atoms with Crippen molar-refractivity contribution in [2.24, 2.45) is 0 Å². The summed E-state index contributed by atoms with van der Waals surface area (Å²) in [5, 5.41) is 0. The fourth-order valence-corrected chi connectivity index (χ4v) is 4.47. The summed E-state index contributed by atoms with van der Waals surface area (Å²) in [6, 6.07) is 10.9. The van der Waals surface area contributed by atoms with Crippen LogP contribution in [0.2, 0.25) is 0 Å². The molecule has 4 atom stereocenters. The summed E-state index contributed by atoms with van der Waals surface area (Å²) in [5.74, 6) is 0. The van der Waals surface area contributed by atoms with Crippen LogP contribution in [0.3, 0.4) is 0 Å². The van der Waals surface area contributed by atoms with Gasteiger partial charge in [-0.25, -0.2) is 0 Å². The first-order valence-corrected chi connectivity index (χ1v) is 7.40. The highest BCUT2D eigenvalue weighted by molar-refractivity contribution is 9.10. The third kappa shape index (κ3) is 0.970. The average molecular weight is 313 g/mol. The second kappa shape index (κ2) is 2.80. The molecule has 0 amide bonds. The molecule has 2 fully saturated rings. The molecule has 0 bridgehead atoms. The number of epoxide rings is 2. The van der Waals surface area contributed by atoms with Crippen LogP contribution in [-0.2, 0) is 9.47 Å². The van der Waals surface area contributed by atoms with Crippen LogP contribution in [0.1, 0.15) is 46.7 Å². The first kappa shape index (κ1) is 9.70. The van der Waals surface area contributed by atoms with Crippen LogP contribution in [0.25, 0.3) is 11.1 Å². The van der Waals surface area contributed by atoms with Gasteiger partial charge in [0.1, 0.15) is 24.4 Å². The van der Waals surface area contributed by atoms with E-state index in [1.807, 2.05) is 0 Å². The summed E-state index contributed by atoms with van der Waals surface area (Å²) in [6.07, 6.45) is 1.03. The molecule has 19 heavy (non-hydrogen) atoms. The van der Waals surface area contributed by atoms with Gasteiger partial charge in [-0.1, -0.05) is 40.2 Å². The quantitative estimate of drug-likeness (QED) is 0.675. The van der Waals surface area contributed by atoms with Crippen molar-refractivity contribution in [2.75, 3.05) is 0 Å². The molecule has 2 aromatic carbocycles. The highest BCUT2D eigenvalue weighted by atomic mass is 79.9. The number of hydrogen-bond donors (Lipinski definition) is 0. The molecule has 0 aromatic heterocycles. The van der Waals surface area contributed by atoms with Gasteiger partial charge in [0.15, 0.2) is 0 Å². The van der Waals surface area contributed by atoms with Crippen molar-refractivity contribution in [1.29, 1.82) is 0 Å². The third-order valence-electron chi connectivity index (χ3n) is 4.79. The van der Waals surface area contributed by atoms with Crippen LogP contribution >= 0.6 is 15.9 Å². The van der Waals surface area contributed by atoms with Gasteiger partial charge < -0.3 is 9.47 Å². The number of hydrogen-bond acceptors (Lipinski definition) is 2. The first-order valence-electron chi connectivity index (χ1n) is 6.61. The van der Waals surface area contributed by atoms with E-state index in [2.05, 4.69) is 46.3 Å². The zero-order valence-corrected chi connectivity index (χ0v) is 11.5. The number of rotatable bonds is 0. The monoisotopic (exact) mass is 312 g/mol. The molecule has 0 unspecified atom stereocenters. The van der Waals surface area contributed by atoms with Crippen LogP contribution in [0.5, 0.6) is 0 Å². The SMILES string of the molecule is Brc1ccc2c3c1[C@@H]1O[C@@H]1c1cccc(c1-3)[C@@H]1O[C@H]21. The average Bonchev–Trinajstić information content (AvgIpc) is 3.31. The Morgan fingerprint density at radius 3 is 2.16 bits per heavy atom. The molecular formula is C16H9BrO2. The van der Waals surface area contributed by atoms with E-state index in [1.165, 1.54) is 37.9 Å². The van der Waals surface area contributed by atoms with E-state index < -0.39 is 0 Å². The molecule has 2 saturated heterocycles. The van der Waals surface area contributed by atoms with Crippen LogP contribution in [0.15, 0.2) is 34.8 Å². The standard InChI is InChI=1S/C16H9BrO2/c17-9-5-4-8-11-10-6(13-14(8)18-13)2-1-3-7(10)15-16(19-15)12(9)11/h1-5,13-16H/t13-,14+,15+,16-/m0/s1. The molecule has 2 aromatic rings. The Hall–Kier alpha value is -1.16. The van der Waals surface area contributed by atoms with E-state index in [0.29, 0.717) is 0 Å². The second-order valence-corrected chi connectivity index (χ2v) is 6.55. The lowest BCUT2D eigenvalue weighted by Crippen LogP contribution is -2.09. The maximum Gasteiger partial charge on any atom is 0.116 e.